The lowest BCUT2D eigenvalue weighted by atomic mass is 9.87. The highest BCUT2D eigenvalue weighted by molar-refractivity contribution is 5.70. The fourth-order valence-corrected chi connectivity index (χ4v) is 2.85. The predicted octanol–water partition coefficient (Wildman–Crippen LogP) is 3.01. The largest absolute Gasteiger partial charge is 0.444 e. The van der Waals surface area contributed by atoms with E-state index in [-0.39, 0.29) is 18.5 Å². The molecule has 0 aliphatic carbocycles. The van der Waals surface area contributed by atoms with Gasteiger partial charge in [0.25, 0.3) is 0 Å². The van der Waals surface area contributed by atoms with Crippen molar-refractivity contribution in [3.8, 4) is 0 Å². The maximum atomic E-state index is 13.1. The van der Waals surface area contributed by atoms with E-state index in [1.807, 2.05) is 20.8 Å². The number of hydrogen-bond donors (Lipinski definition) is 1. The summed E-state index contributed by atoms with van der Waals surface area (Å²) in [5, 5.41) is 0. The van der Waals surface area contributed by atoms with Crippen molar-refractivity contribution >= 4 is 6.09 Å². The normalized spacial score (nSPS) is 22.4. The number of carbonyl (C=O) groups excluding carboxylic acids is 1. The highest BCUT2D eigenvalue weighted by Gasteiger charge is 2.45. The van der Waals surface area contributed by atoms with Crippen LogP contribution in [-0.2, 0) is 10.3 Å². The Hall–Kier alpha value is -1.62. The SMILES string of the molecule is CC(C)(C)OC(=O)N1CCCC1(CN)c1ccc(F)cc1. The summed E-state index contributed by atoms with van der Waals surface area (Å²) in [5.74, 6) is -0.298. The van der Waals surface area contributed by atoms with Crippen molar-refractivity contribution in [1.82, 2.24) is 4.90 Å². The first-order valence-corrected chi connectivity index (χ1v) is 7.25. The minimum Gasteiger partial charge on any atom is -0.444 e. The van der Waals surface area contributed by atoms with E-state index in [1.165, 1.54) is 12.1 Å². The van der Waals surface area contributed by atoms with Gasteiger partial charge in [-0.05, 0) is 51.3 Å². The van der Waals surface area contributed by atoms with E-state index in [4.69, 9.17) is 10.5 Å². The summed E-state index contributed by atoms with van der Waals surface area (Å²) >= 11 is 0. The number of ether oxygens (including phenoxy) is 1. The number of nitrogens with two attached hydrogens (primary N) is 1. The van der Waals surface area contributed by atoms with Gasteiger partial charge in [0.2, 0.25) is 0 Å². The Labute approximate surface area is 125 Å². The Balaban J connectivity index is 2.32. The van der Waals surface area contributed by atoms with E-state index in [0.717, 1.165) is 18.4 Å². The van der Waals surface area contributed by atoms with Gasteiger partial charge in [0.1, 0.15) is 11.4 Å². The fourth-order valence-electron chi connectivity index (χ4n) is 2.85. The number of hydrogen-bond acceptors (Lipinski definition) is 3. The molecule has 1 aliphatic rings. The second-order valence-corrected chi connectivity index (χ2v) is 6.48. The van der Waals surface area contributed by atoms with Gasteiger partial charge in [0.05, 0.1) is 5.54 Å². The third-order valence-electron chi connectivity index (χ3n) is 3.82. The quantitative estimate of drug-likeness (QED) is 0.912. The molecule has 1 saturated heterocycles. The molecule has 0 saturated carbocycles. The molecule has 0 radical (unpaired) electrons. The monoisotopic (exact) mass is 294 g/mol. The zero-order valence-corrected chi connectivity index (χ0v) is 12.9. The number of nitrogens with zero attached hydrogens (tertiary/aromatic N) is 1. The number of benzene rings is 1. The number of amides is 1. The summed E-state index contributed by atoms with van der Waals surface area (Å²) in [6, 6.07) is 6.20. The smallest absolute Gasteiger partial charge is 0.411 e. The lowest BCUT2D eigenvalue weighted by Gasteiger charge is -2.38. The number of likely N-dealkylation sites (tertiary alicyclic amines) is 1. The zero-order valence-electron chi connectivity index (χ0n) is 12.9. The van der Waals surface area contributed by atoms with Gasteiger partial charge in [-0.3, -0.25) is 4.90 Å². The van der Waals surface area contributed by atoms with Crippen LogP contribution in [0.15, 0.2) is 24.3 Å². The molecule has 1 aromatic carbocycles. The first kappa shape index (κ1) is 15.8. The van der Waals surface area contributed by atoms with Crippen LogP contribution in [0.4, 0.5) is 9.18 Å². The third kappa shape index (κ3) is 3.18. The molecule has 1 atom stereocenters. The van der Waals surface area contributed by atoms with Crippen LogP contribution in [0.2, 0.25) is 0 Å². The topological polar surface area (TPSA) is 55.6 Å². The van der Waals surface area contributed by atoms with Gasteiger partial charge < -0.3 is 10.5 Å². The Morgan fingerprint density at radius 1 is 1.38 bits per heavy atom. The van der Waals surface area contributed by atoms with Crippen molar-refractivity contribution in [3.63, 3.8) is 0 Å². The first-order chi connectivity index (χ1) is 9.78. The van der Waals surface area contributed by atoms with Gasteiger partial charge in [-0.15, -0.1) is 0 Å². The van der Waals surface area contributed by atoms with Gasteiger partial charge in [0, 0.05) is 13.1 Å². The van der Waals surface area contributed by atoms with Gasteiger partial charge in [-0.2, -0.15) is 0 Å². The van der Waals surface area contributed by atoms with Crippen molar-refractivity contribution in [2.45, 2.75) is 44.8 Å². The third-order valence-corrected chi connectivity index (χ3v) is 3.82. The molecule has 1 aromatic rings. The molecule has 0 spiro atoms. The van der Waals surface area contributed by atoms with Crippen LogP contribution in [0, 0.1) is 5.82 Å². The highest BCUT2D eigenvalue weighted by atomic mass is 19.1. The number of halogens is 1. The molecule has 0 bridgehead atoms. The van der Waals surface area contributed by atoms with E-state index in [0.29, 0.717) is 6.54 Å². The summed E-state index contributed by atoms with van der Waals surface area (Å²) < 4.78 is 18.6. The van der Waals surface area contributed by atoms with Crippen molar-refractivity contribution in [2.75, 3.05) is 13.1 Å². The molecule has 1 fully saturated rings. The molecular formula is C16H23FN2O2. The van der Waals surface area contributed by atoms with Crippen LogP contribution in [0.5, 0.6) is 0 Å². The average molecular weight is 294 g/mol. The summed E-state index contributed by atoms with van der Waals surface area (Å²) in [6.07, 6.45) is 1.25. The van der Waals surface area contributed by atoms with E-state index >= 15 is 0 Å². The molecule has 2 rings (SSSR count). The van der Waals surface area contributed by atoms with E-state index in [1.54, 1.807) is 17.0 Å². The number of carbonyl (C=O) groups is 1. The van der Waals surface area contributed by atoms with Crippen molar-refractivity contribution in [2.24, 2.45) is 5.73 Å². The van der Waals surface area contributed by atoms with Crippen LogP contribution in [-0.4, -0.2) is 29.7 Å². The molecule has 116 valence electrons. The van der Waals surface area contributed by atoms with Crippen LogP contribution in [0.25, 0.3) is 0 Å². The Morgan fingerprint density at radius 3 is 2.52 bits per heavy atom. The molecule has 1 aliphatic heterocycles. The van der Waals surface area contributed by atoms with Crippen molar-refractivity contribution < 1.29 is 13.9 Å². The van der Waals surface area contributed by atoms with E-state index < -0.39 is 11.1 Å². The van der Waals surface area contributed by atoms with Crippen LogP contribution < -0.4 is 5.73 Å². The highest BCUT2D eigenvalue weighted by Crippen LogP contribution is 2.39. The Morgan fingerprint density at radius 2 is 2.00 bits per heavy atom. The summed E-state index contributed by atoms with van der Waals surface area (Å²) in [6.45, 7) is 6.40. The maximum Gasteiger partial charge on any atom is 0.411 e. The Bertz CT molecular complexity index is 510. The summed E-state index contributed by atoms with van der Waals surface area (Å²) in [4.78, 5) is 14.1. The van der Waals surface area contributed by atoms with Gasteiger partial charge >= 0.3 is 6.09 Å². The van der Waals surface area contributed by atoms with Gasteiger partial charge in [-0.1, -0.05) is 12.1 Å². The van der Waals surface area contributed by atoms with Crippen LogP contribution in [0.3, 0.4) is 0 Å². The molecule has 4 nitrogen and oxygen atoms in total. The Kier molecular flexibility index (Phi) is 4.23. The lowest BCUT2D eigenvalue weighted by Crippen LogP contribution is -2.51. The average Bonchev–Trinajstić information content (AvgIpc) is 2.82. The summed E-state index contributed by atoms with van der Waals surface area (Å²) in [5.41, 5.74) is 5.69. The molecule has 2 N–H and O–H groups in total. The van der Waals surface area contributed by atoms with Crippen LogP contribution >= 0.6 is 0 Å². The second kappa shape index (κ2) is 5.64. The van der Waals surface area contributed by atoms with Crippen molar-refractivity contribution in [1.29, 1.82) is 0 Å². The van der Waals surface area contributed by atoms with E-state index in [9.17, 15) is 9.18 Å². The lowest BCUT2D eigenvalue weighted by molar-refractivity contribution is 0.00823. The van der Waals surface area contributed by atoms with Crippen LogP contribution in [0.1, 0.15) is 39.2 Å². The van der Waals surface area contributed by atoms with Gasteiger partial charge in [-0.25, -0.2) is 9.18 Å². The first-order valence-electron chi connectivity index (χ1n) is 7.25. The molecule has 0 aromatic heterocycles. The van der Waals surface area contributed by atoms with Crippen molar-refractivity contribution in [3.05, 3.63) is 35.6 Å². The fraction of sp³-hybridized carbons (Fsp3) is 0.562. The number of rotatable bonds is 2. The minimum atomic E-state index is -0.601. The predicted molar refractivity (Wildman–Crippen MR) is 79.3 cm³/mol. The van der Waals surface area contributed by atoms with Gasteiger partial charge in [0.15, 0.2) is 0 Å². The molecule has 1 heterocycles. The second-order valence-electron chi connectivity index (χ2n) is 6.48. The maximum absolute atomic E-state index is 13.1. The molecule has 5 heteroatoms. The van der Waals surface area contributed by atoms with E-state index in [2.05, 4.69) is 0 Å². The molecule has 21 heavy (non-hydrogen) atoms. The zero-order chi connectivity index (χ0) is 15.7. The standard InChI is InChI=1S/C16H23FN2O2/c1-15(2,3)21-14(20)19-10-4-9-16(19,11-18)12-5-7-13(17)8-6-12/h5-8H,4,9-11,18H2,1-3H3. The summed E-state index contributed by atoms with van der Waals surface area (Å²) in [7, 11) is 0. The minimum absolute atomic E-state index is 0.290. The molecule has 1 amide bonds. The molecule has 1 unspecified atom stereocenters. The molecular weight excluding hydrogens is 271 g/mol.